The molecule has 1 nitrogen and oxygen atoms in total. The molecule has 1 aromatic carbocycles. The highest BCUT2D eigenvalue weighted by Gasteiger charge is 2.06. The third-order valence-electron chi connectivity index (χ3n) is 2.29. The van der Waals surface area contributed by atoms with Crippen molar-refractivity contribution < 1.29 is 0 Å². The minimum Gasteiger partial charge on any atom is -0.264 e. The molecule has 0 aliphatic carbocycles. The molecule has 2 aromatic rings. The highest BCUT2D eigenvalue weighted by atomic mass is 14.6. The summed E-state index contributed by atoms with van der Waals surface area (Å²) in [6.07, 6.45) is 3.64. The van der Waals surface area contributed by atoms with Crippen LogP contribution in [0.25, 0.3) is 0 Å². The molecule has 1 atom stereocenters. The molecule has 14 heavy (non-hydrogen) atoms. The van der Waals surface area contributed by atoms with E-state index in [9.17, 15) is 0 Å². The minimum absolute atomic E-state index is 0.171. The number of benzene rings is 1. The smallest absolute Gasteiger partial charge is 0.0306 e. The van der Waals surface area contributed by atoms with Gasteiger partial charge in [0.15, 0.2) is 0 Å². The first-order valence-electron chi connectivity index (χ1n) is 4.66. The maximum atomic E-state index is 4.14. The van der Waals surface area contributed by atoms with Gasteiger partial charge < -0.3 is 0 Å². The van der Waals surface area contributed by atoms with E-state index in [0.29, 0.717) is 0 Å². The second-order valence-corrected chi connectivity index (χ2v) is 3.25. The topological polar surface area (TPSA) is 12.9 Å². The molecule has 1 heterocycles. The van der Waals surface area contributed by atoms with Gasteiger partial charge >= 0.3 is 0 Å². The summed E-state index contributed by atoms with van der Waals surface area (Å²) in [7, 11) is 0. The molecule has 1 heteroatoms. The fraction of sp³-hybridized carbons (Fsp3) is 0.0769. The van der Waals surface area contributed by atoms with Crippen molar-refractivity contribution in [3.05, 3.63) is 72.9 Å². The van der Waals surface area contributed by atoms with Crippen molar-refractivity contribution >= 4 is 0 Å². The predicted molar refractivity (Wildman–Crippen MR) is 57.9 cm³/mol. The van der Waals surface area contributed by atoms with E-state index in [1.807, 2.05) is 30.5 Å². The summed E-state index contributed by atoms with van der Waals surface area (Å²) in [6, 6.07) is 14.2. The number of rotatable bonds is 2. The van der Waals surface area contributed by atoms with Crippen LogP contribution in [0.2, 0.25) is 0 Å². The van der Waals surface area contributed by atoms with Gasteiger partial charge in [-0.1, -0.05) is 36.4 Å². The molecule has 0 saturated carbocycles. The molecule has 2 rings (SSSR count). The van der Waals surface area contributed by atoms with Crippen LogP contribution in [0.1, 0.15) is 17.0 Å². The van der Waals surface area contributed by atoms with Crippen LogP contribution in [0.4, 0.5) is 0 Å². The van der Waals surface area contributed by atoms with Crippen molar-refractivity contribution in [2.75, 3.05) is 0 Å². The molecule has 0 saturated heterocycles. The summed E-state index contributed by atoms with van der Waals surface area (Å²) in [5, 5.41) is 0. The van der Waals surface area contributed by atoms with E-state index in [-0.39, 0.29) is 5.92 Å². The Hall–Kier alpha value is -1.63. The predicted octanol–water partition coefficient (Wildman–Crippen LogP) is 3.05. The van der Waals surface area contributed by atoms with Gasteiger partial charge in [0.2, 0.25) is 0 Å². The first-order chi connectivity index (χ1) is 6.88. The lowest BCUT2D eigenvalue weighted by molar-refractivity contribution is 1.00. The van der Waals surface area contributed by atoms with E-state index < -0.39 is 0 Å². The molecule has 1 radical (unpaired) electrons. The Morgan fingerprint density at radius 3 is 2.29 bits per heavy atom. The summed E-state index contributed by atoms with van der Waals surface area (Å²) in [6.45, 7) is 4.14. The number of hydrogen-bond donors (Lipinski definition) is 0. The van der Waals surface area contributed by atoms with Crippen LogP contribution in [0, 0.1) is 6.92 Å². The van der Waals surface area contributed by atoms with Gasteiger partial charge in [0.05, 0.1) is 0 Å². The fourth-order valence-electron chi connectivity index (χ4n) is 1.46. The highest BCUT2D eigenvalue weighted by Crippen LogP contribution is 2.21. The third kappa shape index (κ3) is 1.82. The quantitative estimate of drug-likeness (QED) is 0.695. The Labute approximate surface area is 84.4 Å². The van der Waals surface area contributed by atoms with Crippen molar-refractivity contribution in [2.24, 2.45) is 0 Å². The zero-order valence-corrected chi connectivity index (χ0v) is 7.93. The Morgan fingerprint density at radius 2 is 1.64 bits per heavy atom. The second kappa shape index (κ2) is 4.05. The zero-order chi connectivity index (χ0) is 9.80. The lowest BCUT2D eigenvalue weighted by atomic mass is 9.95. The van der Waals surface area contributed by atoms with E-state index in [1.165, 1.54) is 5.56 Å². The van der Waals surface area contributed by atoms with Crippen molar-refractivity contribution in [3.63, 3.8) is 0 Å². The maximum absolute atomic E-state index is 4.14. The van der Waals surface area contributed by atoms with Gasteiger partial charge in [-0.3, -0.25) is 4.98 Å². The lowest BCUT2D eigenvalue weighted by Crippen LogP contribution is -1.95. The molecular formula is C13H12N. The summed E-state index contributed by atoms with van der Waals surface area (Å²) in [4.78, 5) is 4.09. The van der Waals surface area contributed by atoms with Crippen LogP contribution in [-0.2, 0) is 0 Å². The summed E-state index contributed by atoms with van der Waals surface area (Å²) < 4.78 is 0. The van der Waals surface area contributed by atoms with Gasteiger partial charge in [-0.2, -0.15) is 0 Å². The Balaban J connectivity index is 2.30. The average Bonchev–Trinajstić information content (AvgIpc) is 2.30. The molecule has 0 bridgehead atoms. The first-order valence-corrected chi connectivity index (χ1v) is 4.66. The normalized spacial score (nSPS) is 12.4. The SMILES string of the molecule is [CH2]C(c1ccccc1)c1cccnc1. The molecule has 1 unspecified atom stereocenters. The van der Waals surface area contributed by atoms with E-state index >= 15 is 0 Å². The molecule has 0 aliphatic heterocycles. The van der Waals surface area contributed by atoms with Gasteiger partial charge in [-0.15, -0.1) is 0 Å². The summed E-state index contributed by atoms with van der Waals surface area (Å²) in [5.41, 5.74) is 2.37. The minimum atomic E-state index is 0.171. The first kappa shape index (κ1) is 8.95. The van der Waals surface area contributed by atoms with E-state index in [2.05, 4.69) is 30.1 Å². The molecule has 0 aliphatic rings. The Morgan fingerprint density at radius 1 is 0.929 bits per heavy atom. The molecule has 69 valence electrons. The summed E-state index contributed by atoms with van der Waals surface area (Å²) >= 11 is 0. The molecule has 0 amide bonds. The van der Waals surface area contributed by atoms with Crippen LogP contribution < -0.4 is 0 Å². The van der Waals surface area contributed by atoms with Crippen LogP contribution in [0.5, 0.6) is 0 Å². The van der Waals surface area contributed by atoms with Crippen molar-refractivity contribution in [2.45, 2.75) is 5.92 Å². The van der Waals surface area contributed by atoms with Gasteiger partial charge in [-0.05, 0) is 24.1 Å². The molecule has 0 fully saturated rings. The van der Waals surface area contributed by atoms with Gasteiger partial charge in [0.1, 0.15) is 0 Å². The zero-order valence-electron chi connectivity index (χ0n) is 7.93. The second-order valence-electron chi connectivity index (χ2n) is 3.25. The highest BCUT2D eigenvalue weighted by molar-refractivity contribution is 5.31. The third-order valence-corrected chi connectivity index (χ3v) is 2.29. The van der Waals surface area contributed by atoms with Crippen molar-refractivity contribution in [1.29, 1.82) is 0 Å². The van der Waals surface area contributed by atoms with Crippen molar-refractivity contribution in [3.8, 4) is 0 Å². The van der Waals surface area contributed by atoms with E-state index in [0.717, 1.165) is 5.56 Å². The number of hydrogen-bond acceptors (Lipinski definition) is 1. The molecule has 1 aromatic heterocycles. The van der Waals surface area contributed by atoms with Gasteiger partial charge in [-0.25, -0.2) is 0 Å². The lowest BCUT2D eigenvalue weighted by Gasteiger charge is -2.10. The van der Waals surface area contributed by atoms with E-state index in [1.54, 1.807) is 6.20 Å². The fourth-order valence-corrected chi connectivity index (χ4v) is 1.46. The standard InChI is InChI=1S/C13H12N/c1-11(12-6-3-2-4-7-12)13-8-5-9-14-10-13/h2-11H,1H2. The van der Waals surface area contributed by atoms with Crippen LogP contribution >= 0.6 is 0 Å². The average molecular weight is 182 g/mol. The van der Waals surface area contributed by atoms with Gasteiger partial charge in [0, 0.05) is 18.3 Å². The Bertz CT molecular complexity index is 341. The number of aromatic nitrogens is 1. The molecule has 0 N–H and O–H groups in total. The number of nitrogens with zero attached hydrogens (tertiary/aromatic N) is 1. The Kier molecular flexibility index (Phi) is 2.59. The largest absolute Gasteiger partial charge is 0.264 e. The van der Waals surface area contributed by atoms with E-state index in [4.69, 9.17) is 0 Å². The van der Waals surface area contributed by atoms with Crippen LogP contribution in [0.3, 0.4) is 0 Å². The maximum Gasteiger partial charge on any atom is 0.0306 e. The summed E-state index contributed by atoms with van der Waals surface area (Å²) in [5.74, 6) is 0.171. The van der Waals surface area contributed by atoms with Crippen molar-refractivity contribution in [1.82, 2.24) is 4.98 Å². The molecular weight excluding hydrogens is 170 g/mol. The van der Waals surface area contributed by atoms with Crippen LogP contribution in [0.15, 0.2) is 54.9 Å². The molecule has 0 spiro atoms. The monoisotopic (exact) mass is 182 g/mol. The number of pyridine rings is 1. The van der Waals surface area contributed by atoms with Gasteiger partial charge in [0.25, 0.3) is 0 Å². The van der Waals surface area contributed by atoms with Crippen LogP contribution in [-0.4, -0.2) is 4.98 Å².